The van der Waals surface area contributed by atoms with Crippen LogP contribution in [0.25, 0.3) is 10.2 Å². The monoisotopic (exact) mass is 431 g/mol. The number of para-hydroxylation sites is 1. The zero-order valence-corrected chi connectivity index (χ0v) is 15.5. The smallest absolute Gasteiger partial charge is 0.418 e. The molecule has 148 valence electrons. The zero-order chi connectivity index (χ0) is 20.5. The number of thiazole rings is 1. The van der Waals surface area contributed by atoms with E-state index in [9.17, 15) is 28.2 Å². The van der Waals surface area contributed by atoms with E-state index in [0.29, 0.717) is 4.70 Å². The maximum atomic E-state index is 13.0. The molecule has 3 rings (SSSR count). The van der Waals surface area contributed by atoms with Crippen LogP contribution in [0, 0.1) is 0 Å². The minimum Gasteiger partial charge on any atom is -0.507 e. The van der Waals surface area contributed by atoms with E-state index in [1.807, 2.05) is 0 Å². The summed E-state index contributed by atoms with van der Waals surface area (Å²) in [6.45, 7) is -0.214. The van der Waals surface area contributed by atoms with Crippen LogP contribution in [0.5, 0.6) is 5.75 Å². The van der Waals surface area contributed by atoms with Gasteiger partial charge in [0.15, 0.2) is 5.13 Å². The summed E-state index contributed by atoms with van der Waals surface area (Å²) in [5, 5.41) is 24.9. The Bertz CT molecular complexity index is 1030. The zero-order valence-electron chi connectivity index (χ0n) is 13.9. The molecule has 0 bridgehead atoms. The van der Waals surface area contributed by atoms with Crippen LogP contribution in [0.3, 0.4) is 0 Å². The van der Waals surface area contributed by atoms with Crippen LogP contribution in [0.1, 0.15) is 15.9 Å². The number of amides is 1. The lowest BCUT2D eigenvalue weighted by atomic mass is 10.2. The van der Waals surface area contributed by atoms with Gasteiger partial charge in [0.25, 0.3) is 5.91 Å². The molecule has 1 unspecified atom stereocenters. The molecular formula is C17H13ClF3N3O3S. The minimum atomic E-state index is -4.53. The van der Waals surface area contributed by atoms with Crippen molar-refractivity contribution in [1.29, 1.82) is 0 Å². The van der Waals surface area contributed by atoms with Crippen molar-refractivity contribution < 1.29 is 28.2 Å². The van der Waals surface area contributed by atoms with Crippen LogP contribution < -0.4 is 10.6 Å². The molecular weight excluding hydrogens is 419 g/mol. The fourth-order valence-corrected chi connectivity index (χ4v) is 3.48. The summed E-state index contributed by atoms with van der Waals surface area (Å²) in [6, 6.07) is 7.61. The molecule has 3 aromatic rings. The van der Waals surface area contributed by atoms with Crippen molar-refractivity contribution in [2.45, 2.75) is 12.4 Å². The summed E-state index contributed by atoms with van der Waals surface area (Å²) in [7, 11) is 0. The number of phenolic OH excluding ortho intramolecular Hbond substituents is 1. The Balaban J connectivity index is 1.67. The van der Waals surface area contributed by atoms with Gasteiger partial charge in [-0.3, -0.25) is 4.79 Å². The van der Waals surface area contributed by atoms with Crippen molar-refractivity contribution in [2.75, 3.05) is 11.9 Å². The third-order valence-electron chi connectivity index (χ3n) is 3.67. The Morgan fingerprint density at radius 3 is 2.75 bits per heavy atom. The van der Waals surface area contributed by atoms with Gasteiger partial charge in [0.05, 0.1) is 27.9 Å². The van der Waals surface area contributed by atoms with Crippen molar-refractivity contribution in [3.63, 3.8) is 0 Å². The van der Waals surface area contributed by atoms with E-state index in [0.717, 1.165) is 17.4 Å². The number of aromatic hydroxyl groups is 1. The van der Waals surface area contributed by atoms with Gasteiger partial charge in [-0.2, -0.15) is 13.2 Å². The second kappa shape index (κ2) is 7.82. The van der Waals surface area contributed by atoms with E-state index in [1.165, 1.54) is 30.3 Å². The number of aromatic nitrogens is 1. The van der Waals surface area contributed by atoms with Gasteiger partial charge in [0.2, 0.25) is 0 Å². The number of hydrogen-bond acceptors (Lipinski definition) is 6. The first-order valence-electron chi connectivity index (χ1n) is 7.83. The second-order valence-electron chi connectivity index (χ2n) is 5.70. The van der Waals surface area contributed by atoms with E-state index < -0.39 is 23.9 Å². The first-order valence-corrected chi connectivity index (χ1v) is 9.02. The Labute approximate surface area is 165 Å². The number of alkyl halides is 3. The van der Waals surface area contributed by atoms with Crippen molar-refractivity contribution in [2.24, 2.45) is 0 Å². The number of nitrogens with one attached hydrogen (secondary N) is 2. The summed E-state index contributed by atoms with van der Waals surface area (Å²) in [6.07, 6.45) is -5.92. The summed E-state index contributed by atoms with van der Waals surface area (Å²) < 4.78 is 39.4. The predicted molar refractivity (Wildman–Crippen MR) is 99.7 cm³/mol. The van der Waals surface area contributed by atoms with Crippen LogP contribution in [-0.2, 0) is 6.18 Å². The van der Waals surface area contributed by atoms with E-state index in [4.69, 9.17) is 11.6 Å². The number of carbonyl (C=O) groups is 1. The van der Waals surface area contributed by atoms with Gasteiger partial charge in [-0.1, -0.05) is 29.0 Å². The average Bonchev–Trinajstić information content (AvgIpc) is 3.04. The molecule has 4 N–H and O–H groups in total. The molecule has 0 spiro atoms. The highest BCUT2D eigenvalue weighted by molar-refractivity contribution is 7.22. The molecule has 0 aliphatic heterocycles. The van der Waals surface area contributed by atoms with E-state index >= 15 is 0 Å². The van der Waals surface area contributed by atoms with Gasteiger partial charge in [-0.15, -0.1) is 0 Å². The Morgan fingerprint density at radius 2 is 2.04 bits per heavy atom. The summed E-state index contributed by atoms with van der Waals surface area (Å²) in [5.41, 5.74) is -1.16. The van der Waals surface area contributed by atoms with Crippen LogP contribution in [-0.4, -0.2) is 33.9 Å². The summed E-state index contributed by atoms with van der Waals surface area (Å²) >= 11 is 6.75. The normalized spacial score (nSPS) is 12.8. The number of aliphatic hydroxyl groups is 1. The number of halogens is 4. The quantitative estimate of drug-likeness (QED) is 0.460. The first-order chi connectivity index (χ1) is 13.1. The van der Waals surface area contributed by atoms with Gasteiger partial charge in [0.1, 0.15) is 12.0 Å². The van der Waals surface area contributed by atoms with Crippen LogP contribution in [0.4, 0.5) is 18.3 Å². The maximum Gasteiger partial charge on any atom is 0.418 e. The van der Waals surface area contributed by atoms with Gasteiger partial charge in [0, 0.05) is 5.02 Å². The molecule has 0 aliphatic rings. The minimum absolute atomic E-state index is 0.124. The lowest BCUT2D eigenvalue weighted by Gasteiger charge is -2.14. The fourth-order valence-electron chi connectivity index (χ4n) is 2.41. The number of anilines is 1. The van der Waals surface area contributed by atoms with Gasteiger partial charge < -0.3 is 20.8 Å². The largest absolute Gasteiger partial charge is 0.507 e. The molecule has 2 aromatic carbocycles. The number of phenols is 1. The lowest BCUT2D eigenvalue weighted by Crippen LogP contribution is -2.39. The molecule has 6 nitrogen and oxygen atoms in total. The van der Waals surface area contributed by atoms with Gasteiger partial charge in [-0.05, 0) is 30.3 Å². The fraction of sp³-hybridized carbons (Fsp3) is 0.176. The number of hydrogen-bond donors (Lipinski definition) is 4. The number of aliphatic hydroxyl groups excluding tert-OH is 1. The standard InChI is InChI=1S/C17H13ClF3N3O3S/c18-8-4-5-11(25)9(6-8)15(27)23-13(26)7-22-16-24-14-10(17(19,20)21)2-1-3-12(14)28-16/h1-6,13,25-26H,7H2,(H,22,24)(H,23,27). The van der Waals surface area contributed by atoms with Crippen molar-refractivity contribution in [3.05, 3.63) is 52.5 Å². The summed E-state index contributed by atoms with van der Waals surface area (Å²) in [4.78, 5) is 16.0. The molecule has 0 fully saturated rings. The molecule has 0 saturated carbocycles. The van der Waals surface area contributed by atoms with E-state index in [2.05, 4.69) is 15.6 Å². The molecule has 1 amide bonds. The molecule has 0 aliphatic carbocycles. The van der Waals surface area contributed by atoms with Crippen molar-refractivity contribution in [1.82, 2.24) is 10.3 Å². The molecule has 11 heteroatoms. The average molecular weight is 432 g/mol. The highest BCUT2D eigenvalue weighted by Crippen LogP contribution is 2.37. The van der Waals surface area contributed by atoms with Crippen molar-refractivity contribution in [3.8, 4) is 5.75 Å². The number of fused-ring (bicyclic) bond motifs is 1. The molecule has 0 radical (unpaired) electrons. The number of nitrogens with zero attached hydrogens (tertiary/aromatic N) is 1. The molecule has 1 heterocycles. The van der Waals surface area contributed by atoms with Crippen molar-refractivity contribution >= 4 is 44.2 Å². The Hall–Kier alpha value is -2.56. The topological polar surface area (TPSA) is 94.5 Å². The van der Waals surface area contributed by atoms with Gasteiger partial charge in [-0.25, -0.2) is 4.98 Å². The highest BCUT2D eigenvalue weighted by atomic mass is 35.5. The van der Waals surface area contributed by atoms with Crippen LogP contribution in [0.2, 0.25) is 5.02 Å². The molecule has 1 atom stereocenters. The first kappa shape index (κ1) is 20.2. The maximum absolute atomic E-state index is 13.0. The highest BCUT2D eigenvalue weighted by Gasteiger charge is 2.33. The van der Waals surface area contributed by atoms with E-state index in [-0.39, 0.29) is 33.5 Å². The Morgan fingerprint density at radius 1 is 1.29 bits per heavy atom. The Kier molecular flexibility index (Phi) is 5.64. The summed E-state index contributed by atoms with van der Waals surface area (Å²) in [5.74, 6) is -1.08. The number of carbonyl (C=O) groups excluding carboxylic acids is 1. The SMILES string of the molecule is O=C(NC(O)CNc1nc2c(C(F)(F)F)cccc2s1)c1cc(Cl)ccc1O. The lowest BCUT2D eigenvalue weighted by molar-refractivity contribution is -0.136. The molecule has 28 heavy (non-hydrogen) atoms. The molecule has 0 saturated heterocycles. The molecule has 1 aromatic heterocycles. The third-order valence-corrected chi connectivity index (χ3v) is 4.89. The van der Waals surface area contributed by atoms with Gasteiger partial charge >= 0.3 is 6.18 Å². The van der Waals surface area contributed by atoms with Crippen LogP contribution >= 0.6 is 22.9 Å². The van der Waals surface area contributed by atoms with E-state index in [1.54, 1.807) is 0 Å². The predicted octanol–water partition coefficient (Wildman–Crippen LogP) is 3.83. The number of benzene rings is 2. The second-order valence-corrected chi connectivity index (χ2v) is 7.17. The number of rotatable bonds is 5. The van der Waals surface area contributed by atoms with Crippen LogP contribution in [0.15, 0.2) is 36.4 Å². The third kappa shape index (κ3) is 4.46.